The molecule has 2 aromatic rings. The number of nitrogens with zero attached hydrogens (tertiary/aromatic N) is 3. The van der Waals surface area contributed by atoms with E-state index in [9.17, 15) is 14.7 Å². The summed E-state index contributed by atoms with van der Waals surface area (Å²) in [5.41, 5.74) is 1.60. The van der Waals surface area contributed by atoms with Crippen molar-refractivity contribution in [1.82, 2.24) is 15.2 Å². The Balaban J connectivity index is 1.33. The van der Waals surface area contributed by atoms with Crippen LogP contribution in [0.3, 0.4) is 0 Å². The Hall–Kier alpha value is -2.72. The van der Waals surface area contributed by atoms with Gasteiger partial charge in [-0.25, -0.2) is 4.79 Å². The van der Waals surface area contributed by atoms with Crippen molar-refractivity contribution < 1.29 is 24.3 Å². The van der Waals surface area contributed by atoms with Crippen molar-refractivity contribution in [2.75, 3.05) is 13.1 Å². The molecule has 4 rings (SSSR count). The number of halogens is 1. The van der Waals surface area contributed by atoms with E-state index in [1.807, 2.05) is 30.3 Å². The van der Waals surface area contributed by atoms with Gasteiger partial charge in [-0.3, -0.25) is 14.7 Å². The van der Waals surface area contributed by atoms with Crippen LogP contribution in [0.1, 0.15) is 18.4 Å². The Bertz CT molecular complexity index is 985. The molecule has 158 valence electrons. The molecule has 10 heteroatoms. The molecular weight excluding hydrogens is 456 g/mol. The first-order valence-corrected chi connectivity index (χ1v) is 10.4. The first kappa shape index (κ1) is 20.5. The Morgan fingerprint density at radius 3 is 3.00 bits per heavy atom. The number of hydrogen-bond donors (Lipinski definition) is 2. The number of β-amino-alcohol motifs (C(OH)–C–C–N with tert-alkyl or cyclic N) is 1. The highest BCUT2D eigenvalue weighted by molar-refractivity contribution is 9.18. The van der Waals surface area contributed by atoms with E-state index in [1.54, 1.807) is 6.20 Å². The number of carbonyl (C=O) groups excluding carboxylic acids is 2. The van der Waals surface area contributed by atoms with Crippen LogP contribution in [0, 0.1) is 0 Å². The van der Waals surface area contributed by atoms with Crippen molar-refractivity contribution >= 4 is 43.5 Å². The summed E-state index contributed by atoms with van der Waals surface area (Å²) in [4.78, 5) is 35.9. The van der Waals surface area contributed by atoms with E-state index < -0.39 is 18.2 Å². The highest BCUT2D eigenvalue weighted by Crippen LogP contribution is 2.21. The van der Waals surface area contributed by atoms with Crippen LogP contribution in [0.25, 0.3) is 10.9 Å². The molecule has 0 bridgehead atoms. The fourth-order valence-corrected chi connectivity index (χ4v) is 3.97. The van der Waals surface area contributed by atoms with E-state index in [0.29, 0.717) is 11.0 Å². The number of hydrogen-bond acceptors (Lipinski definition) is 7. The van der Waals surface area contributed by atoms with Gasteiger partial charge in [-0.1, -0.05) is 23.4 Å². The average molecular weight is 477 g/mol. The Morgan fingerprint density at radius 1 is 1.37 bits per heavy atom. The second-order valence-electron chi connectivity index (χ2n) is 7.29. The fourth-order valence-electron chi connectivity index (χ4n) is 3.52. The SMILES string of the molecule is O=C(NC[C@@H]1CC(Br)=NO1)[C@@H]1C[C@@H](O)CN1C(=O)OCc1cnc2ccccc2c1. The number of likely N-dealkylation sites (tertiary alicyclic amines) is 1. The van der Waals surface area contributed by atoms with Gasteiger partial charge in [0.25, 0.3) is 0 Å². The molecule has 1 fully saturated rings. The lowest BCUT2D eigenvalue weighted by Crippen LogP contribution is -2.47. The molecule has 1 saturated heterocycles. The lowest BCUT2D eigenvalue weighted by Gasteiger charge is -2.23. The normalized spacial score (nSPS) is 23.2. The summed E-state index contributed by atoms with van der Waals surface area (Å²) in [7, 11) is 0. The van der Waals surface area contributed by atoms with E-state index in [-0.39, 0.29) is 38.1 Å². The van der Waals surface area contributed by atoms with Crippen molar-refractivity contribution in [1.29, 1.82) is 0 Å². The molecule has 1 aromatic carbocycles. The Kier molecular flexibility index (Phi) is 6.14. The van der Waals surface area contributed by atoms with Crippen molar-refractivity contribution in [2.24, 2.45) is 5.16 Å². The molecule has 3 heterocycles. The smallest absolute Gasteiger partial charge is 0.410 e. The van der Waals surface area contributed by atoms with Crippen LogP contribution in [0.4, 0.5) is 4.79 Å². The number of fused-ring (bicyclic) bond motifs is 1. The van der Waals surface area contributed by atoms with Crippen molar-refractivity contribution in [3.8, 4) is 0 Å². The summed E-state index contributed by atoms with van der Waals surface area (Å²) in [6, 6.07) is 8.76. The van der Waals surface area contributed by atoms with Gasteiger partial charge in [0.15, 0.2) is 6.10 Å². The minimum atomic E-state index is -0.798. The first-order chi connectivity index (χ1) is 14.5. The molecule has 0 radical (unpaired) electrons. The van der Waals surface area contributed by atoms with Gasteiger partial charge in [-0.05, 0) is 28.1 Å². The van der Waals surface area contributed by atoms with Crippen LogP contribution in [0.2, 0.25) is 0 Å². The molecule has 0 unspecified atom stereocenters. The number of benzene rings is 1. The van der Waals surface area contributed by atoms with Gasteiger partial charge < -0.3 is 20.0 Å². The highest BCUT2D eigenvalue weighted by Gasteiger charge is 2.40. The van der Waals surface area contributed by atoms with E-state index in [4.69, 9.17) is 9.57 Å². The van der Waals surface area contributed by atoms with Crippen LogP contribution < -0.4 is 5.32 Å². The quantitative estimate of drug-likeness (QED) is 0.681. The topological polar surface area (TPSA) is 113 Å². The third-order valence-corrected chi connectivity index (χ3v) is 5.50. The molecule has 30 heavy (non-hydrogen) atoms. The molecule has 0 aliphatic carbocycles. The minimum Gasteiger partial charge on any atom is -0.444 e. The summed E-state index contributed by atoms with van der Waals surface area (Å²) in [6.45, 7) is 0.329. The summed E-state index contributed by atoms with van der Waals surface area (Å²) in [6.07, 6.45) is 0.693. The summed E-state index contributed by atoms with van der Waals surface area (Å²) in [5.74, 6) is -0.359. The van der Waals surface area contributed by atoms with Crippen molar-refractivity contribution in [2.45, 2.75) is 37.7 Å². The highest BCUT2D eigenvalue weighted by atomic mass is 79.9. The number of para-hydroxylation sites is 1. The molecule has 2 amide bonds. The third-order valence-electron chi connectivity index (χ3n) is 5.03. The van der Waals surface area contributed by atoms with Crippen LogP contribution in [0.15, 0.2) is 41.7 Å². The van der Waals surface area contributed by atoms with Crippen molar-refractivity contribution in [3.63, 3.8) is 0 Å². The van der Waals surface area contributed by atoms with E-state index >= 15 is 0 Å². The minimum absolute atomic E-state index is 0.0267. The largest absolute Gasteiger partial charge is 0.444 e. The van der Waals surface area contributed by atoms with Crippen molar-refractivity contribution in [3.05, 3.63) is 42.1 Å². The zero-order valence-corrected chi connectivity index (χ0v) is 17.6. The van der Waals surface area contributed by atoms with Crippen LogP contribution in [0.5, 0.6) is 0 Å². The van der Waals surface area contributed by atoms with Gasteiger partial charge in [0, 0.05) is 30.0 Å². The molecule has 2 aliphatic rings. The molecule has 3 atom stereocenters. The molecule has 2 aliphatic heterocycles. The number of amides is 2. The Labute approximate surface area is 181 Å². The molecule has 0 spiro atoms. The summed E-state index contributed by atoms with van der Waals surface area (Å²) in [5, 5.41) is 17.5. The first-order valence-electron chi connectivity index (χ1n) is 9.60. The maximum Gasteiger partial charge on any atom is 0.410 e. The molecule has 1 aromatic heterocycles. The number of pyridine rings is 1. The monoisotopic (exact) mass is 476 g/mol. The standard InChI is InChI=1S/C20H21BrN4O5/c21-18-7-15(30-24-18)9-23-19(27)17-6-14(26)10-25(17)20(28)29-11-12-5-13-3-1-2-4-16(13)22-8-12/h1-5,8,14-15,17,26H,6-7,9-11H2,(H,23,27)/t14-,15+,17+/m1/s1. The van der Waals surface area contributed by atoms with Crippen LogP contribution in [-0.2, 0) is 21.0 Å². The molecule has 2 N–H and O–H groups in total. The van der Waals surface area contributed by atoms with Crippen LogP contribution >= 0.6 is 15.9 Å². The zero-order valence-electron chi connectivity index (χ0n) is 16.0. The second kappa shape index (κ2) is 8.97. The molecular formula is C20H21BrN4O5. The number of nitrogens with one attached hydrogen (secondary N) is 1. The van der Waals surface area contributed by atoms with Gasteiger partial charge in [0.2, 0.25) is 5.91 Å². The number of oxime groups is 1. The van der Waals surface area contributed by atoms with Gasteiger partial charge in [-0.2, -0.15) is 0 Å². The molecule has 9 nitrogen and oxygen atoms in total. The number of aliphatic hydroxyl groups excluding tert-OH is 1. The predicted molar refractivity (Wildman–Crippen MR) is 112 cm³/mol. The maximum atomic E-state index is 12.6. The Morgan fingerprint density at radius 2 is 2.20 bits per heavy atom. The number of rotatable bonds is 5. The van der Waals surface area contributed by atoms with Crippen LogP contribution in [-0.4, -0.2) is 63.0 Å². The predicted octanol–water partition coefficient (Wildman–Crippen LogP) is 1.92. The number of ether oxygens (including phenoxy) is 1. The lowest BCUT2D eigenvalue weighted by molar-refractivity contribution is -0.125. The van der Waals surface area contributed by atoms with E-state index in [1.165, 1.54) is 4.90 Å². The van der Waals surface area contributed by atoms with Gasteiger partial charge in [0.05, 0.1) is 24.7 Å². The second-order valence-corrected chi connectivity index (χ2v) is 8.21. The number of aliphatic hydroxyl groups is 1. The number of aromatic nitrogens is 1. The summed E-state index contributed by atoms with van der Waals surface area (Å²) < 4.78 is 6.07. The fraction of sp³-hybridized carbons (Fsp3) is 0.400. The summed E-state index contributed by atoms with van der Waals surface area (Å²) >= 11 is 3.24. The van der Waals surface area contributed by atoms with E-state index in [0.717, 1.165) is 16.5 Å². The zero-order chi connectivity index (χ0) is 21.1. The van der Waals surface area contributed by atoms with Gasteiger partial charge in [-0.15, -0.1) is 0 Å². The number of carbonyl (C=O) groups is 2. The maximum absolute atomic E-state index is 12.6. The van der Waals surface area contributed by atoms with Gasteiger partial charge >= 0.3 is 6.09 Å². The molecule has 0 saturated carbocycles. The third kappa shape index (κ3) is 4.71. The lowest BCUT2D eigenvalue weighted by atomic mass is 10.2. The van der Waals surface area contributed by atoms with Gasteiger partial charge in [0.1, 0.15) is 17.3 Å². The van der Waals surface area contributed by atoms with E-state index in [2.05, 4.69) is 31.4 Å². The average Bonchev–Trinajstić information content (AvgIpc) is 3.35.